The second kappa shape index (κ2) is 3.81. The third kappa shape index (κ3) is 4.38. The molecule has 0 atom stereocenters. The second-order valence-corrected chi connectivity index (χ2v) is 2.51. The predicted molar refractivity (Wildman–Crippen MR) is 32.2 cm³/mol. The van der Waals surface area contributed by atoms with Gasteiger partial charge in [-0.3, -0.25) is 0 Å². The highest BCUT2D eigenvalue weighted by atomic mass is 32.3. The van der Waals surface area contributed by atoms with Gasteiger partial charge in [-0.05, 0) is 13.8 Å². The molecule has 0 aromatic carbocycles. The standard InChI is InChI=1S/C4H10O4S/c1-3-7-9(5,6)8-4-2/h3-4H2,1-2H3/i1+1,3+1. The number of hydrogen-bond acceptors (Lipinski definition) is 4. The van der Waals surface area contributed by atoms with E-state index in [2.05, 4.69) is 8.37 Å². The minimum Gasteiger partial charge on any atom is -0.248 e. The van der Waals surface area contributed by atoms with Gasteiger partial charge in [0.15, 0.2) is 0 Å². The van der Waals surface area contributed by atoms with Gasteiger partial charge in [0.1, 0.15) is 0 Å². The van der Waals surface area contributed by atoms with Gasteiger partial charge in [0, 0.05) is 0 Å². The quantitative estimate of drug-likeness (QED) is 0.549. The molecule has 0 aromatic rings. The van der Waals surface area contributed by atoms with Crippen LogP contribution < -0.4 is 0 Å². The predicted octanol–water partition coefficient (Wildman–Crippen LogP) is 0.304. The molecule has 0 heterocycles. The van der Waals surface area contributed by atoms with E-state index < -0.39 is 10.4 Å². The Labute approximate surface area is 55.1 Å². The molecule has 0 fully saturated rings. The molecule has 56 valence electrons. The van der Waals surface area contributed by atoms with E-state index in [0.29, 0.717) is 0 Å². The topological polar surface area (TPSA) is 52.6 Å². The summed E-state index contributed by atoms with van der Waals surface area (Å²) in [4.78, 5) is 0. The average Bonchev–Trinajstić information content (AvgIpc) is 1.64. The molecule has 9 heavy (non-hydrogen) atoms. The Morgan fingerprint density at radius 3 is 1.67 bits per heavy atom. The first-order valence-corrected chi connectivity index (χ1v) is 3.99. The van der Waals surface area contributed by atoms with Crippen molar-refractivity contribution in [1.29, 1.82) is 0 Å². The van der Waals surface area contributed by atoms with Gasteiger partial charge in [0.2, 0.25) is 0 Å². The second-order valence-electron chi connectivity index (χ2n) is 1.22. The van der Waals surface area contributed by atoms with Gasteiger partial charge in [0.25, 0.3) is 0 Å². The molecule has 0 bridgehead atoms. The van der Waals surface area contributed by atoms with E-state index in [0.717, 1.165) is 0 Å². The largest absolute Gasteiger partial charge is 0.399 e. The smallest absolute Gasteiger partial charge is 0.248 e. The zero-order valence-electron chi connectivity index (χ0n) is 5.46. The maximum atomic E-state index is 10.4. The molecule has 0 aliphatic heterocycles. The summed E-state index contributed by atoms with van der Waals surface area (Å²) < 4.78 is 29.2. The lowest BCUT2D eigenvalue weighted by Gasteiger charge is -1.99. The first-order valence-electron chi connectivity index (χ1n) is 2.66. The van der Waals surface area contributed by atoms with Crippen molar-refractivity contribution < 1.29 is 16.8 Å². The fourth-order valence-electron chi connectivity index (χ4n) is 0.323. The van der Waals surface area contributed by atoms with Crippen molar-refractivity contribution in [3.8, 4) is 0 Å². The van der Waals surface area contributed by atoms with Crippen molar-refractivity contribution in [3.05, 3.63) is 0 Å². The fourth-order valence-corrected chi connectivity index (χ4v) is 0.968. The molecule has 5 heteroatoms. The van der Waals surface area contributed by atoms with Crippen LogP contribution in [0.15, 0.2) is 0 Å². The van der Waals surface area contributed by atoms with Crippen LogP contribution in [0.25, 0.3) is 0 Å². The summed E-state index contributed by atoms with van der Waals surface area (Å²) in [5, 5.41) is 0. The van der Waals surface area contributed by atoms with Crippen LogP contribution in [-0.2, 0) is 18.8 Å². The van der Waals surface area contributed by atoms with Crippen LogP contribution in [-0.4, -0.2) is 21.6 Å². The van der Waals surface area contributed by atoms with E-state index in [4.69, 9.17) is 0 Å². The lowest BCUT2D eigenvalue weighted by molar-refractivity contribution is 0.231. The van der Waals surface area contributed by atoms with Crippen LogP contribution in [0.4, 0.5) is 0 Å². The van der Waals surface area contributed by atoms with Crippen LogP contribution >= 0.6 is 0 Å². The van der Waals surface area contributed by atoms with Crippen LogP contribution in [0.2, 0.25) is 0 Å². The molecule has 0 N–H and O–H groups in total. The Bertz CT molecular complexity index is 136. The van der Waals surface area contributed by atoms with Gasteiger partial charge in [-0.1, -0.05) is 0 Å². The highest BCUT2D eigenvalue weighted by Crippen LogP contribution is 1.93. The number of hydrogen-bond donors (Lipinski definition) is 0. The van der Waals surface area contributed by atoms with Crippen molar-refractivity contribution in [3.63, 3.8) is 0 Å². The zero-order valence-corrected chi connectivity index (χ0v) is 6.27. The van der Waals surface area contributed by atoms with Crippen LogP contribution in [0.1, 0.15) is 13.8 Å². The van der Waals surface area contributed by atoms with E-state index in [1.54, 1.807) is 13.8 Å². The third-order valence-electron chi connectivity index (χ3n) is 0.524. The molecule has 0 spiro atoms. The molecule has 0 aliphatic rings. The Morgan fingerprint density at radius 1 is 1.11 bits per heavy atom. The molecule has 0 aromatic heterocycles. The SMILES string of the molecule is CCOS(=O)(=O)O[13CH2][13CH3]. The van der Waals surface area contributed by atoms with E-state index in [1.165, 1.54) is 0 Å². The van der Waals surface area contributed by atoms with Crippen LogP contribution in [0.3, 0.4) is 0 Å². The summed E-state index contributed by atoms with van der Waals surface area (Å²) >= 11 is 0. The van der Waals surface area contributed by atoms with Crippen LogP contribution in [0.5, 0.6) is 0 Å². The Hall–Kier alpha value is -0.130. The summed E-state index contributed by atoms with van der Waals surface area (Å²) in [7, 11) is -3.68. The first-order chi connectivity index (χ1) is 4.12. The van der Waals surface area contributed by atoms with Gasteiger partial charge >= 0.3 is 10.4 Å². The fraction of sp³-hybridized carbons (Fsp3) is 1.00. The number of rotatable bonds is 4. The van der Waals surface area contributed by atoms with Crippen molar-refractivity contribution in [2.75, 3.05) is 13.2 Å². The summed E-state index contributed by atoms with van der Waals surface area (Å²) in [5.41, 5.74) is 0. The highest BCUT2D eigenvalue weighted by molar-refractivity contribution is 7.81. The minimum absolute atomic E-state index is 0.113. The van der Waals surface area contributed by atoms with E-state index in [9.17, 15) is 8.42 Å². The summed E-state index contributed by atoms with van der Waals surface area (Å²) in [6, 6.07) is 0. The maximum absolute atomic E-state index is 10.4. The highest BCUT2D eigenvalue weighted by Gasteiger charge is 2.06. The van der Waals surface area contributed by atoms with Crippen LogP contribution in [0, 0.1) is 0 Å². The van der Waals surface area contributed by atoms with Gasteiger partial charge < -0.3 is 0 Å². The first kappa shape index (κ1) is 8.87. The molecule has 0 rings (SSSR count). The molecule has 0 aliphatic carbocycles. The Kier molecular flexibility index (Phi) is 3.76. The van der Waals surface area contributed by atoms with Crippen molar-refractivity contribution in [1.82, 2.24) is 0 Å². The monoisotopic (exact) mass is 156 g/mol. The van der Waals surface area contributed by atoms with E-state index in [-0.39, 0.29) is 13.2 Å². The molecular formula is C4H10O4S. The molecule has 0 saturated carbocycles. The Morgan fingerprint density at radius 2 is 1.44 bits per heavy atom. The van der Waals surface area contributed by atoms with Gasteiger partial charge in [0.05, 0.1) is 13.2 Å². The van der Waals surface area contributed by atoms with Gasteiger partial charge in [-0.25, -0.2) is 8.37 Å². The summed E-state index contributed by atoms with van der Waals surface area (Å²) in [5.74, 6) is 0. The summed E-state index contributed by atoms with van der Waals surface area (Å²) in [6.45, 7) is 3.39. The van der Waals surface area contributed by atoms with Gasteiger partial charge in [-0.2, -0.15) is 8.42 Å². The molecule has 0 radical (unpaired) electrons. The minimum atomic E-state index is -3.68. The molecular weight excluding hydrogens is 146 g/mol. The third-order valence-corrected chi connectivity index (χ3v) is 1.57. The van der Waals surface area contributed by atoms with Crippen molar-refractivity contribution in [2.24, 2.45) is 0 Å². The lowest BCUT2D eigenvalue weighted by atomic mass is 10.9. The van der Waals surface area contributed by atoms with E-state index in [1.807, 2.05) is 0 Å². The molecule has 0 unspecified atom stereocenters. The summed E-state index contributed by atoms with van der Waals surface area (Å²) in [6.07, 6.45) is 0. The Balaban J connectivity index is 3.73. The van der Waals surface area contributed by atoms with Crippen molar-refractivity contribution in [2.45, 2.75) is 13.8 Å². The van der Waals surface area contributed by atoms with Gasteiger partial charge in [-0.15, -0.1) is 0 Å². The average molecular weight is 156 g/mol. The lowest BCUT2D eigenvalue weighted by Crippen LogP contribution is -2.09. The molecule has 0 amide bonds. The normalized spacial score (nSPS) is 11.8. The zero-order chi connectivity index (χ0) is 7.33. The molecule has 0 saturated heterocycles. The van der Waals surface area contributed by atoms with E-state index >= 15 is 0 Å². The maximum Gasteiger partial charge on any atom is 0.399 e. The van der Waals surface area contributed by atoms with Crippen molar-refractivity contribution >= 4 is 10.4 Å². The molecule has 4 nitrogen and oxygen atoms in total.